The van der Waals surface area contributed by atoms with E-state index in [2.05, 4.69) is 5.32 Å². The number of carbonyl (C=O) groups excluding carboxylic acids is 2. The largest absolute Gasteiger partial charge is 0.548 e. The summed E-state index contributed by atoms with van der Waals surface area (Å²) >= 11 is 1.64. The zero-order valence-corrected chi connectivity index (χ0v) is 8.65. The lowest BCUT2D eigenvalue weighted by atomic mass is 10.2. The van der Waals surface area contributed by atoms with Gasteiger partial charge in [0, 0.05) is 6.92 Å². The Balaban J connectivity index is 3.81. The second-order valence-electron chi connectivity index (χ2n) is 2.56. The number of amides is 1. The molecule has 0 aliphatic carbocycles. The number of aliphatic carboxylic acids is 1. The van der Waals surface area contributed by atoms with Crippen molar-refractivity contribution in [2.45, 2.75) is 26.3 Å². The molecule has 13 heavy (non-hydrogen) atoms. The third kappa shape index (κ3) is 6.45. The van der Waals surface area contributed by atoms with Crippen LogP contribution in [0.25, 0.3) is 0 Å². The van der Waals surface area contributed by atoms with Gasteiger partial charge in [-0.1, -0.05) is 6.92 Å². The molecule has 0 rings (SSSR count). The van der Waals surface area contributed by atoms with Crippen LogP contribution in [0.2, 0.25) is 0 Å². The fourth-order valence-corrected chi connectivity index (χ4v) is 1.53. The molecule has 0 saturated carbocycles. The number of carboxylic acid groups (broad SMARTS) is 1. The van der Waals surface area contributed by atoms with E-state index in [1.807, 2.05) is 6.92 Å². The van der Waals surface area contributed by atoms with Crippen LogP contribution >= 0.6 is 11.8 Å². The van der Waals surface area contributed by atoms with E-state index < -0.39 is 12.0 Å². The molecule has 4 nitrogen and oxygen atoms in total. The summed E-state index contributed by atoms with van der Waals surface area (Å²) in [6.45, 7) is 3.29. The standard InChI is InChI=1S/C8H15NO3S/c1-3-13-5-4-7(8(11)12)9-6(2)10/h7H,3-5H2,1-2H3,(H,9,10)(H,11,12)/p-1/t7-/m0/s1. The highest BCUT2D eigenvalue weighted by Gasteiger charge is 2.09. The lowest BCUT2D eigenvalue weighted by Gasteiger charge is -2.18. The summed E-state index contributed by atoms with van der Waals surface area (Å²) in [4.78, 5) is 21.1. The van der Waals surface area contributed by atoms with E-state index in [4.69, 9.17) is 0 Å². The number of hydrogen-bond donors (Lipinski definition) is 1. The summed E-state index contributed by atoms with van der Waals surface area (Å²) in [5.74, 6) is 0.109. The highest BCUT2D eigenvalue weighted by Crippen LogP contribution is 2.03. The van der Waals surface area contributed by atoms with E-state index in [1.165, 1.54) is 6.92 Å². The lowest BCUT2D eigenvalue weighted by Crippen LogP contribution is -2.47. The van der Waals surface area contributed by atoms with Crippen molar-refractivity contribution in [2.24, 2.45) is 0 Å². The monoisotopic (exact) mass is 204 g/mol. The summed E-state index contributed by atoms with van der Waals surface area (Å²) in [6.07, 6.45) is 0.417. The Bertz CT molecular complexity index is 184. The zero-order valence-electron chi connectivity index (χ0n) is 7.83. The van der Waals surface area contributed by atoms with E-state index in [0.29, 0.717) is 6.42 Å². The van der Waals surface area contributed by atoms with Crippen molar-refractivity contribution in [1.29, 1.82) is 0 Å². The number of hydrogen-bond acceptors (Lipinski definition) is 4. The van der Waals surface area contributed by atoms with Gasteiger partial charge in [0.15, 0.2) is 0 Å². The van der Waals surface area contributed by atoms with Crippen LogP contribution in [-0.4, -0.2) is 29.4 Å². The van der Waals surface area contributed by atoms with Gasteiger partial charge in [0.05, 0.1) is 12.0 Å². The summed E-state index contributed by atoms with van der Waals surface area (Å²) in [5, 5.41) is 12.8. The maximum Gasteiger partial charge on any atom is 0.217 e. The van der Waals surface area contributed by atoms with Crippen LogP contribution in [0, 0.1) is 0 Å². The molecule has 1 N–H and O–H groups in total. The van der Waals surface area contributed by atoms with E-state index in [9.17, 15) is 14.7 Å². The van der Waals surface area contributed by atoms with Crippen LogP contribution in [0.3, 0.4) is 0 Å². The predicted molar refractivity (Wildman–Crippen MR) is 50.2 cm³/mol. The van der Waals surface area contributed by atoms with Crippen LogP contribution in [0.4, 0.5) is 0 Å². The molecule has 0 aromatic heterocycles. The third-order valence-electron chi connectivity index (χ3n) is 1.42. The molecular weight excluding hydrogens is 190 g/mol. The molecule has 1 amide bonds. The van der Waals surface area contributed by atoms with Crippen molar-refractivity contribution in [2.75, 3.05) is 11.5 Å². The highest BCUT2D eigenvalue weighted by molar-refractivity contribution is 7.99. The fraction of sp³-hybridized carbons (Fsp3) is 0.750. The third-order valence-corrected chi connectivity index (χ3v) is 2.35. The minimum Gasteiger partial charge on any atom is -0.548 e. The Morgan fingerprint density at radius 3 is 2.54 bits per heavy atom. The van der Waals surface area contributed by atoms with Gasteiger partial charge < -0.3 is 15.2 Å². The molecule has 0 aromatic carbocycles. The number of rotatable bonds is 6. The quantitative estimate of drug-likeness (QED) is 0.586. The van der Waals surface area contributed by atoms with Crippen LogP contribution in [-0.2, 0) is 9.59 Å². The molecule has 0 fully saturated rings. The molecule has 0 spiro atoms. The van der Waals surface area contributed by atoms with Crippen molar-refractivity contribution in [1.82, 2.24) is 5.32 Å². The first-order chi connectivity index (χ1) is 6.07. The zero-order chi connectivity index (χ0) is 10.3. The fourth-order valence-electron chi connectivity index (χ4n) is 0.840. The van der Waals surface area contributed by atoms with Crippen molar-refractivity contribution in [3.63, 3.8) is 0 Å². The Hall–Kier alpha value is -0.710. The van der Waals surface area contributed by atoms with Crippen molar-refractivity contribution in [3.05, 3.63) is 0 Å². The maximum absolute atomic E-state index is 10.6. The Kier molecular flexibility index (Phi) is 6.40. The van der Waals surface area contributed by atoms with Gasteiger partial charge in [0.1, 0.15) is 0 Å². The van der Waals surface area contributed by atoms with Crippen LogP contribution in [0.1, 0.15) is 20.3 Å². The average Bonchev–Trinajstić information content (AvgIpc) is 2.02. The molecule has 0 bridgehead atoms. The first-order valence-electron chi connectivity index (χ1n) is 4.13. The molecule has 0 unspecified atom stereocenters. The van der Waals surface area contributed by atoms with Crippen molar-refractivity contribution >= 4 is 23.6 Å². The van der Waals surface area contributed by atoms with E-state index >= 15 is 0 Å². The van der Waals surface area contributed by atoms with E-state index in [0.717, 1.165) is 11.5 Å². The smallest absolute Gasteiger partial charge is 0.217 e. The van der Waals surface area contributed by atoms with Crippen LogP contribution < -0.4 is 10.4 Å². The minimum atomic E-state index is -1.22. The van der Waals surface area contributed by atoms with Crippen molar-refractivity contribution in [3.8, 4) is 0 Å². The number of thioether (sulfide) groups is 1. The second kappa shape index (κ2) is 6.77. The molecule has 0 saturated heterocycles. The molecule has 0 aliphatic rings. The topological polar surface area (TPSA) is 69.2 Å². The molecule has 1 atom stereocenters. The Morgan fingerprint density at radius 1 is 1.54 bits per heavy atom. The minimum absolute atomic E-state index is 0.337. The molecule has 0 aromatic rings. The molecule has 5 heteroatoms. The first-order valence-corrected chi connectivity index (χ1v) is 5.29. The molecule has 0 heterocycles. The lowest BCUT2D eigenvalue weighted by molar-refractivity contribution is -0.308. The van der Waals surface area contributed by atoms with Crippen LogP contribution in [0.15, 0.2) is 0 Å². The molecule has 0 aliphatic heterocycles. The van der Waals surface area contributed by atoms with E-state index in [1.54, 1.807) is 11.8 Å². The highest BCUT2D eigenvalue weighted by atomic mass is 32.2. The van der Waals surface area contributed by atoms with Crippen molar-refractivity contribution < 1.29 is 14.7 Å². The SMILES string of the molecule is CCSCC[C@H](NC(C)=O)C(=O)[O-]. The van der Waals surface area contributed by atoms with Gasteiger partial charge in [-0.3, -0.25) is 4.79 Å². The van der Waals surface area contributed by atoms with Gasteiger partial charge in [-0.2, -0.15) is 11.8 Å². The Labute approximate surface area is 82.1 Å². The van der Waals surface area contributed by atoms with Gasteiger partial charge >= 0.3 is 0 Å². The average molecular weight is 204 g/mol. The summed E-state index contributed by atoms with van der Waals surface area (Å²) < 4.78 is 0. The van der Waals surface area contributed by atoms with E-state index in [-0.39, 0.29) is 5.91 Å². The molecular formula is C8H14NO3S-. The second-order valence-corrected chi connectivity index (χ2v) is 3.95. The molecule has 76 valence electrons. The molecule has 0 radical (unpaired) electrons. The first kappa shape index (κ1) is 12.3. The predicted octanol–water partition coefficient (Wildman–Crippen LogP) is -0.616. The number of carbonyl (C=O) groups is 2. The summed E-state index contributed by atoms with van der Waals surface area (Å²) in [6, 6.07) is -0.850. The maximum atomic E-state index is 10.6. The van der Waals surface area contributed by atoms with Gasteiger partial charge in [0.25, 0.3) is 0 Å². The van der Waals surface area contributed by atoms with Crippen LogP contribution in [0.5, 0.6) is 0 Å². The normalized spacial score (nSPS) is 12.2. The van der Waals surface area contributed by atoms with Gasteiger partial charge in [-0.25, -0.2) is 0 Å². The Morgan fingerprint density at radius 2 is 2.15 bits per heavy atom. The van der Waals surface area contributed by atoms with Gasteiger partial charge in [0.2, 0.25) is 5.91 Å². The van der Waals surface area contributed by atoms with Gasteiger partial charge in [-0.05, 0) is 17.9 Å². The van der Waals surface area contributed by atoms with Gasteiger partial charge in [-0.15, -0.1) is 0 Å². The number of carboxylic acids is 1. The summed E-state index contributed by atoms with van der Waals surface area (Å²) in [7, 11) is 0. The summed E-state index contributed by atoms with van der Waals surface area (Å²) in [5.41, 5.74) is 0. The number of nitrogens with one attached hydrogen (secondary N) is 1.